The molecule has 82 valence electrons. The predicted molar refractivity (Wildman–Crippen MR) is 60.1 cm³/mol. The summed E-state index contributed by atoms with van der Waals surface area (Å²) in [6.45, 7) is 2.19. The molecule has 0 unspecified atom stereocenters. The van der Waals surface area contributed by atoms with E-state index in [1.54, 1.807) is 7.11 Å². The highest BCUT2D eigenvalue weighted by Crippen LogP contribution is 2.22. The van der Waals surface area contributed by atoms with Crippen molar-refractivity contribution in [1.82, 2.24) is 5.32 Å². The fourth-order valence-electron chi connectivity index (χ4n) is 1.39. The van der Waals surface area contributed by atoms with Crippen LogP contribution in [-0.4, -0.2) is 20.1 Å². The van der Waals surface area contributed by atoms with E-state index < -0.39 is 0 Å². The molecule has 0 heterocycles. The van der Waals surface area contributed by atoms with Gasteiger partial charge in [0.2, 0.25) is 5.91 Å². The molecule has 0 bridgehead atoms. The number of amides is 1. The van der Waals surface area contributed by atoms with Crippen molar-refractivity contribution in [1.29, 1.82) is 0 Å². The quantitative estimate of drug-likeness (QED) is 0.785. The Morgan fingerprint density at radius 3 is 2.73 bits per heavy atom. The molecule has 0 radical (unpaired) electrons. The average Bonchev–Trinajstić information content (AvgIpc) is 2.18. The first-order chi connectivity index (χ1) is 7.17. The van der Waals surface area contributed by atoms with Gasteiger partial charge < -0.3 is 15.4 Å². The average molecular weight is 208 g/mol. The lowest BCUT2D eigenvalue weighted by Crippen LogP contribution is -2.09. The Bertz CT molecular complexity index is 350. The third-order valence-corrected chi connectivity index (χ3v) is 1.97. The number of carbonyl (C=O) groups is 1. The van der Waals surface area contributed by atoms with Crippen molar-refractivity contribution in [3.8, 4) is 5.75 Å². The van der Waals surface area contributed by atoms with Crippen molar-refractivity contribution in [2.24, 2.45) is 0 Å². The van der Waals surface area contributed by atoms with E-state index in [4.69, 9.17) is 4.74 Å². The molecule has 0 aliphatic heterocycles. The van der Waals surface area contributed by atoms with E-state index in [-0.39, 0.29) is 5.91 Å². The Kier molecular flexibility index (Phi) is 4.12. The Morgan fingerprint density at radius 1 is 1.47 bits per heavy atom. The van der Waals surface area contributed by atoms with Gasteiger partial charge in [-0.3, -0.25) is 4.79 Å². The first-order valence-electron chi connectivity index (χ1n) is 4.76. The minimum atomic E-state index is -0.0735. The highest BCUT2D eigenvalue weighted by atomic mass is 16.5. The molecule has 1 aromatic rings. The second kappa shape index (κ2) is 5.36. The molecular formula is C11H16N2O2. The summed E-state index contributed by atoms with van der Waals surface area (Å²) in [6, 6.07) is 5.56. The van der Waals surface area contributed by atoms with E-state index in [9.17, 15) is 4.79 Å². The van der Waals surface area contributed by atoms with Gasteiger partial charge in [-0.15, -0.1) is 0 Å². The van der Waals surface area contributed by atoms with Crippen LogP contribution >= 0.6 is 0 Å². The van der Waals surface area contributed by atoms with E-state index in [2.05, 4.69) is 10.6 Å². The summed E-state index contributed by atoms with van der Waals surface area (Å²) in [5.41, 5.74) is 1.81. The van der Waals surface area contributed by atoms with Gasteiger partial charge in [0.15, 0.2) is 0 Å². The van der Waals surface area contributed by atoms with Crippen molar-refractivity contribution < 1.29 is 9.53 Å². The van der Waals surface area contributed by atoms with Crippen molar-refractivity contribution >= 4 is 11.6 Å². The summed E-state index contributed by atoms with van der Waals surface area (Å²) in [4.78, 5) is 10.9. The van der Waals surface area contributed by atoms with Crippen LogP contribution in [-0.2, 0) is 11.3 Å². The van der Waals surface area contributed by atoms with Gasteiger partial charge in [-0.25, -0.2) is 0 Å². The van der Waals surface area contributed by atoms with Crippen LogP contribution in [0.25, 0.3) is 0 Å². The second-order valence-corrected chi connectivity index (χ2v) is 3.24. The van der Waals surface area contributed by atoms with Crippen LogP contribution in [0.3, 0.4) is 0 Å². The van der Waals surface area contributed by atoms with Gasteiger partial charge in [-0.2, -0.15) is 0 Å². The summed E-state index contributed by atoms with van der Waals surface area (Å²) in [7, 11) is 3.50. The van der Waals surface area contributed by atoms with E-state index in [1.807, 2.05) is 25.2 Å². The number of rotatable bonds is 4. The van der Waals surface area contributed by atoms with Crippen molar-refractivity contribution in [2.75, 3.05) is 19.5 Å². The molecule has 0 saturated heterocycles. The summed E-state index contributed by atoms with van der Waals surface area (Å²) in [5, 5.41) is 5.78. The molecule has 0 fully saturated rings. The number of benzene rings is 1. The number of ether oxygens (including phenoxy) is 1. The van der Waals surface area contributed by atoms with Gasteiger partial charge in [-0.1, -0.05) is 0 Å². The lowest BCUT2D eigenvalue weighted by Gasteiger charge is -2.10. The highest BCUT2D eigenvalue weighted by Gasteiger charge is 2.04. The maximum Gasteiger partial charge on any atom is 0.221 e. The molecule has 4 nitrogen and oxygen atoms in total. The molecule has 0 aliphatic rings. The maximum absolute atomic E-state index is 10.9. The van der Waals surface area contributed by atoms with Crippen molar-refractivity contribution in [2.45, 2.75) is 13.5 Å². The molecule has 2 N–H and O–H groups in total. The molecule has 1 rings (SSSR count). The predicted octanol–water partition coefficient (Wildman–Crippen LogP) is 1.37. The van der Waals surface area contributed by atoms with E-state index >= 15 is 0 Å². The third kappa shape index (κ3) is 3.25. The normalized spacial score (nSPS) is 9.80. The van der Waals surface area contributed by atoms with Crippen LogP contribution in [0.4, 0.5) is 5.69 Å². The largest absolute Gasteiger partial charge is 0.496 e. The van der Waals surface area contributed by atoms with Crippen LogP contribution in [0, 0.1) is 0 Å². The number of anilines is 1. The second-order valence-electron chi connectivity index (χ2n) is 3.24. The molecule has 0 saturated carbocycles. The van der Waals surface area contributed by atoms with E-state index in [0.29, 0.717) is 6.54 Å². The van der Waals surface area contributed by atoms with Gasteiger partial charge in [0.05, 0.1) is 7.11 Å². The number of carbonyl (C=O) groups excluding carboxylic acids is 1. The molecule has 0 aromatic heterocycles. The number of hydrogen-bond donors (Lipinski definition) is 2. The molecule has 0 atom stereocenters. The van der Waals surface area contributed by atoms with Gasteiger partial charge >= 0.3 is 0 Å². The summed E-state index contributed by atoms with van der Waals surface area (Å²) >= 11 is 0. The third-order valence-electron chi connectivity index (χ3n) is 1.97. The molecular weight excluding hydrogens is 192 g/mol. The maximum atomic E-state index is 10.9. The Balaban J connectivity index is 2.93. The van der Waals surface area contributed by atoms with Gasteiger partial charge in [0.1, 0.15) is 5.75 Å². The topological polar surface area (TPSA) is 50.4 Å². The SMILES string of the molecule is CNCc1cc(NC(C)=O)ccc1OC. The number of methoxy groups -OCH3 is 1. The first kappa shape index (κ1) is 11.5. The Hall–Kier alpha value is -1.55. The molecule has 1 aromatic carbocycles. The minimum absolute atomic E-state index is 0.0735. The van der Waals surface area contributed by atoms with Crippen LogP contribution < -0.4 is 15.4 Å². The molecule has 0 spiro atoms. The standard InChI is InChI=1S/C11H16N2O2/c1-8(14)13-10-4-5-11(15-3)9(6-10)7-12-2/h4-6,12H,7H2,1-3H3,(H,13,14). The number of hydrogen-bond acceptors (Lipinski definition) is 3. The fraction of sp³-hybridized carbons (Fsp3) is 0.364. The zero-order valence-electron chi connectivity index (χ0n) is 9.26. The summed E-state index contributed by atoms with van der Waals surface area (Å²) < 4.78 is 5.21. The van der Waals surface area contributed by atoms with Crippen LogP contribution in [0.2, 0.25) is 0 Å². The number of nitrogens with one attached hydrogen (secondary N) is 2. The van der Waals surface area contributed by atoms with E-state index in [1.165, 1.54) is 6.92 Å². The zero-order chi connectivity index (χ0) is 11.3. The Labute approximate surface area is 89.6 Å². The molecule has 1 amide bonds. The van der Waals surface area contributed by atoms with Crippen molar-refractivity contribution in [3.05, 3.63) is 23.8 Å². The van der Waals surface area contributed by atoms with Crippen LogP contribution in [0.15, 0.2) is 18.2 Å². The summed E-state index contributed by atoms with van der Waals surface area (Å²) in [6.07, 6.45) is 0. The zero-order valence-corrected chi connectivity index (χ0v) is 9.26. The van der Waals surface area contributed by atoms with Gasteiger partial charge in [0, 0.05) is 24.7 Å². The fourth-order valence-corrected chi connectivity index (χ4v) is 1.39. The first-order valence-corrected chi connectivity index (χ1v) is 4.76. The molecule has 0 aliphatic carbocycles. The molecule has 4 heteroatoms. The van der Waals surface area contributed by atoms with Crippen LogP contribution in [0.5, 0.6) is 5.75 Å². The van der Waals surface area contributed by atoms with Crippen LogP contribution in [0.1, 0.15) is 12.5 Å². The van der Waals surface area contributed by atoms with Crippen molar-refractivity contribution in [3.63, 3.8) is 0 Å². The lowest BCUT2D eigenvalue weighted by molar-refractivity contribution is -0.114. The van der Waals surface area contributed by atoms with Gasteiger partial charge in [0.25, 0.3) is 0 Å². The van der Waals surface area contributed by atoms with E-state index in [0.717, 1.165) is 17.0 Å². The highest BCUT2D eigenvalue weighted by molar-refractivity contribution is 5.88. The smallest absolute Gasteiger partial charge is 0.221 e. The van der Waals surface area contributed by atoms with Gasteiger partial charge in [-0.05, 0) is 25.2 Å². The monoisotopic (exact) mass is 208 g/mol. The summed E-state index contributed by atoms with van der Waals surface area (Å²) in [5.74, 6) is 0.744. The Morgan fingerprint density at radius 2 is 2.20 bits per heavy atom. The lowest BCUT2D eigenvalue weighted by atomic mass is 10.1. The minimum Gasteiger partial charge on any atom is -0.496 e. The molecule has 15 heavy (non-hydrogen) atoms.